The first-order chi connectivity index (χ1) is 8.35. The number of rotatable bonds is 13. The lowest BCUT2D eigenvalue weighted by Gasteiger charge is -2.08. The minimum atomic E-state index is 0.769. The van der Waals surface area contributed by atoms with Gasteiger partial charge in [0.15, 0.2) is 0 Å². The fourth-order valence-corrected chi connectivity index (χ4v) is 4.71. The zero-order valence-corrected chi connectivity index (χ0v) is 13.4. The van der Waals surface area contributed by atoms with Crippen LogP contribution in [0.15, 0.2) is 0 Å². The molecule has 0 unspecified atom stereocenters. The molecule has 0 saturated heterocycles. The Bertz CT molecular complexity index is 125. The first kappa shape index (κ1) is 17.4. The van der Waals surface area contributed by atoms with E-state index in [9.17, 15) is 0 Å². The summed E-state index contributed by atoms with van der Waals surface area (Å²) in [6, 6.07) is 0. The van der Waals surface area contributed by atoms with Crippen molar-refractivity contribution in [3.05, 3.63) is 0 Å². The summed E-state index contributed by atoms with van der Waals surface area (Å²) in [5.74, 6) is 4.57. The molecule has 0 amide bonds. The molecule has 0 saturated carbocycles. The molecule has 0 aliphatic heterocycles. The molecule has 0 N–H and O–H groups in total. The molecule has 0 aliphatic carbocycles. The van der Waals surface area contributed by atoms with Gasteiger partial charge in [0, 0.05) is 0 Å². The highest BCUT2D eigenvalue weighted by atomic mass is 32.2. The lowest BCUT2D eigenvalue weighted by Crippen LogP contribution is -2.16. The highest BCUT2D eigenvalue weighted by Gasteiger charge is 2.15. The average Bonchev–Trinajstić information content (AvgIpc) is 2.35. The van der Waals surface area contributed by atoms with E-state index in [0.717, 1.165) is 10.9 Å². The predicted octanol–water partition coefficient (Wildman–Crippen LogP) is 5.57. The fraction of sp³-hybridized carbons (Fsp3) is 1.00. The summed E-state index contributed by atoms with van der Waals surface area (Å²) in [6.07, 6.45) is 14.4. The van der Waals surface area contributed by atoms with Crippen LogP contribution in [0.2, 0.25) is 0 Å². The highest BCUT2D eigenvalue weighted by Crippen LogP contribution is 2.11. The van der Waals surface area contributed by atoms with Gasteiger partial charge in [-0.15, -0.1) is 0 Å². The van der Waals surface area contributed by atoms with E-state index in [1.165, 1.54) is 81.5 Å². The zero-order valence-electron chi connectivity index (χ0n) is 12.6. The lowest BCUT2D eigenvalue weighted by molar-refractivity contribution is 0.626. The van der Waals surface area contributed by atoms with E-state index in [1.807, 2.05) is 0 Å². The normalized spacial score (nSPS) is 11.3. The molecule has 0 rings (SSSR count). The van der Waals surface area contributed by atoms with Crippen LogP contribution in [0.3, 0.4) is 0 Å². The third kappa shape index (κ3) is 12.6. The Labute approximate surface area is 113 Å². The van der Waals surface area contributed by atoms with Crippen molar-refractivity contribution in [2.45, 2.75) is 85.0 Å². The van der Waals surface area contributed by atoms with Crippen molar-refractivity contribution in [1.29, 1.82) is 0 Å². The quantitative estimate of drug-likeness (QED) is 0.300. The van der Waals surface area contributed by atoms with Crippen molar-refractivity contribution in [2.75, 3.05) is 17.3 Å². The molecule has 0 fully saturated rings. The van der Waals surface area contributed by atoms with Gasteiger partial charge in [0.05, 0.1) is 0 Å². The molecule has 0 aromatic heterocycles. The molecule has 104 valence electrons. The van der Waals surface area contributed by atoms with Gasteiger partial charge in [-0.2, -0.15) is 0 Å². The van der Waals surface area contributed by atoms with Gasteiger partial charge >= 0.3 is 0 Å². The van der Waals surface area contributed by atoms with Crippen molar-refractivity contribution in [1.82, 2.24) is 0 Å². The molecule has 0 bridgehead atoms. The van der Waals surface area contributed by atoms with Gasteiger partial charge in [0.25, 0.3) is 0 Å². The van der Waals surface area contributed by atoms with E-state index in [2.05, 4.69) is 20.8 Å². The monoisotopic (exact) mass is 259 g/mol. The van der Waals surface area contributed by atoms with E-state index in [-0.39, 0.29) is 0 Å². The van der Waals surface area contributed by atoms with Crippen molar-refractivity contribution < 1.29 is 0 Å². The second-order valence-electron chi connectivity index (χ2n) is 5.20. The second kappa shape index (κ2) is 14.4. The molecule has 0 aromatic carbocycles. The molecule has 1 heteroatoms. The van der Waals surface area contributed by atoms with Gasteiger partial charge in [-0.05, 0) is 36.6 Å². The number of hydrogen-bond donors (Lipinski definition) is 0. The summed E-state index contributed by atoms with van der Waals surface area (Å²) in [5.41, 5.74) is 0. The molecule has 0 heterocycles. The van der Waals surface area contributed by atoms with Crippen LogP contribution in [0.1, 0.15) is 85.0 Å². The van der Waals surface area contributed by atoms with Crippen LogP contribution in [0, 0.1) is 0 Å². The molecule has 0 atom stereocenters. The fourth-order valence-electron chi connectivity index (χ4n) is 2.09. The zero-order chi connectivity index (χ0) is 12.8. The van der Waals surface area contributed by atoms with Gasteiger partial charge in [0.1, 0.15) is 17.3 Å². The van der Waals surface area contributed by atoms with Gasteiger partial charge in [-0.1, -0.05) is 59.3 Å². The third-order valence-electron chi connectivity index (χ3n) is 3.36. The summed E-state index contributed by atoms with van der Waals surface area (Å²) >= 11 is 0. The Balaban J connectivity index is 3.45. The topological polar surface area (TPSA) is 0 Å². The molecular weight excluding hydrogens is 224 g/mol. The maximum atomic E-state index is 2.33. The first-order valence-electron chi connectivity index (χ1n) is 7.99. The Kier molecular flexibility index (Phi) is 14.7. The molecule has 0 aliphatic rings. The molecule has 0 radical (unpaired) electrons. The summed E-state index contributed by atoms with van der Waals surface area (Å²) in [5, 5.41) is 0. The van der Waals surface area contributed by atoms with Crippen molar-refractivity contribution >= 4 is 10.9 Å². The predicted molar refractivity (Wildman–Crippen MR) is 85.2 cm³/mol. The third-order valence-corrected chi connectivity index (χ3v) is 5.96. The van der Waals surface area contributed by atoms with Crippen LogP contribution in [0.25, 0.3) is 0 Å². The van der Waals surface area contributed by atoms with E-state index in [0.29, 0.717) is 0 Å². The molecule has 0 aromatic rings. The number of hydrogen-bond acceptors (Lipinski definition) is 0. The molecule has 17 heavy (non-hydrogen) atoms. The van der Waals surface area contributed by atoms with Crippen molar-refractivity contribution in [3.63, 3.8) is 0 Å². The Morgan fingerprint density at radius 2 is 0.882 bits per heavy atom. The largest absolute Gasteiger partial charge is 0.108 e. The molecule has 0 spiro atoms. The van der Waals surface area contributed by atoms with E-state index in [1.54, 1.807) is 0 Å². The summed E-state index contributed by atoms with van der Waals surface area (Å²) in [4.78, 5) is 0. The van der Waals surface area contributed by atoms with Gasteiger partial charge in [-0.3, -0.25) is 0 Å². The van der Waals surface area contributed by atoms with Crippen molar-refractivity contribution in [2.24, 2.45) is 0 Å². The Morgan fingerprint density at radius 1 is 0.471 bits per heavy atom. The van der Waals surface area contributed by atoms with Gasteiger partial charge in [0.2, 0.25) is 0 Å². The first-order valence-corrected chi connectivity index (χ1v) is 9.72. The maximum Gasteiger partial charge on any atom is 0.108 e. The van der Waals surface area contributed by atoms with Crippen LogP contribution >= 0.6 is 0 Å². The SMILES string of the molecule is CCCCCCCC[S+](CCCC)CCCC. The molecule has 0 nitrogen and oxygen atoms in total. The summed E-state index contributed by atoms with van der Waals surface area (Å²) < 4.78 is 0. The maximum absolute atomic E-state index is 2.33. The average molecular weight is 260 g/mol. The van der Waals surface area contributed by atoms with E-state index < -0.39 is 0 Å². The van der Waals surface area contributed by atoms with Crippen LogP contribution in [-0.2, 0) is 10.9 Å². The van der Waals surface area contributed by atoms with Gasteiger partial charge in [-0.25, -0.2) is 0 Å². The summed E-state index contributed by atoms with van der Waals surface area (Å²) in [7, 11) is 0.769. The standard InChI is InChI=1S/C16H35S/c1-4-7-10-11-12-13-16-17(14-8-5-2)15-9-6-3/h4-16H2,1-3H3/q+1. The second-order valence-corrected chi connectivity index (χ2v) is 7.65. The minimum Gasteiger partial charge on any atom is -0.0654 e. The Hall–Kier alpha value is 0.350. The van der Waals surface area contributed by atoms with Crippen LogP contribution < -0.4 is 0 Å². The van der Waals surface area contributed by atoms with Gasteiger partial charge < -0.3 is 0 Å². The summed E-state index contributed by atoms with van der Waals surface area (Å²) in [6.45, 7) is 6.95. The van der Waals surface area contributed by atoms with Crippen LogP contribution in [-0.4, -0.2) is 17.3 Å². The highest BCUT2D eigenvalue weighted by molar-refractivity contribution is 7.96. The van der Waals surface area contributed by atoms with E-state index >= 15 is 0 Å². The van der Waals surface area contributed by atoms with Crippen LogP contribution in [0.4, 0.5) is 0 Å². The number of unbranched alkanes of at least 4 members (excludes halogenated alkanes) is 7. The molecular formula is C16H35S+. The van der Waals surface area contributed by atoms with Crippen molar-refractivity contribution in [3.8, 4) is 0 Å². The Morgan fingerprint density at radius 3 is 1.41 bits per heavy atom. The lowest BCUT2D eigenvalue weighted by atomic mass is 10.1. The van der Waals surface area contributed by atoms with Crippen LogP contribution in [0.5, 0.6) is 0 Å². The van der Waals surface area contributed by atoms with E-state index in [4.69, 9.17) is 0 Å². The smallest absolute Gasteiger partial charge is 0.0654 e. The minimum absolute atomic E-state index is 0.769.